The van der Waals surface area contributed by atoms with Crippen LogP contribution in [0.5, 0.6) is 11.6 Å². The second-order valence-corrected chi connectivity index (χ2v) is 7.24. The number of nitrogens with one attached hydrogen (secondary N) is 1. The summed E-state index contributed by atoms with van der Waals surface area (Å²) in [6.45, 7) is 0. The maximum Gasteiger partial charge on any atom is 0.274 e. The molecule has 2 aromatic carbocycles. The molecule has 3 heterocycles. The molecule has 0 spiro atoms. The number of benzene rings is 2. The van der Waals surface area contributed by atoms with E-state index in [9.17, 15) is 13.6 Å². The Morgan fingerprint density at radius 3 is 2.65 bits per heavy atom. The maximum absolute atomic E-state index is 14.7. The van der Waals surface area contributed by atoms with Crippen molar-refractivity contribution in [1.82, 2.24) is 19.6 Å². The predicted molar refractivity (Wildman–Crippen MR) is 121 cm³/mol. The van der Waals surface area contributed by atoms with Gasteiger partial charge in [0, 0.05) is 29.4 Å². The van der Waals surface area contributed by atoms with Crippen molar-refractivity contribution < 1.29 is 18.3 Å². The molecule has 3 N–H and O–H groups in total. The van der Waals surface area contributed by atoms with Crippen molar-refractivity contribution in [3.63, 3.8) is 0 Å². The molecule has 168 valence electrons. The number of hydrogen-bond acceptors (Lipinski definition) is 6. The Morgan fingerprint density at radius 2 is 1.82 bits per heavy atom. The average Bonchev–Trinajstić information content (AvgIpc) is 3.29. The van der Waals surface area contributed by atoms with Crippen LogP contribution in [0.15, 0.2) is 79.0 Å². The van der Waals surface area contributed by atoms with Gasteiger partial charge >= 0.3 is 0 Å². The first kappa shape index (κ1) is 21.0. The third-order valence-electron chi connectivity index (χ3n) is 4.85. The van der Waals surface area contributed by atoms with Crippen molar-refractivity contribution in [3.8, 4) is 22.9 Å². The molecule has 0 unspecified atom stereocenters. The Morgan fingerprint density at radius 1 is 0.971 bits per heavy atom. The molecular formula is C24H16F2N6O2. The normalized spacial score (nSPS) is 10.9. The minimum atomic E-state index is -0.713. The van der Waals surface area contributed by atoms with E-state index >= 15 is 0 Å². The lowest BCUT2D eigenvalue weighted by molar-refractivity contribution is 0.102. The SMILES string of the molecule is Nc1cc(Oc2ccc(NC(=O)c3cccc(-c4cccc(F)c4)n3)cc2F)n2nccc2n1. The van der Waals surface area contributed by atoms with Gasteiger partial charge in [-0.15, -0.1) is 0 Å². The van der Waals surface area contributed by atoms with Gasteiger partial charge in [0.1, 0.15) is 17.3 Å². The summed E-state index contributed by atoms with van der Waals surface area (Å²) in [5.41, 5.74) is 7.48. The van der Waals surface area contributed by atoms with Gasteiger partial charge < -0.3 is 15.8 Å². The number of rotatable bonds is 5. The predicted octanol–water partition coefficient (Wildman–Crippen LogP) is 4.70. The number of halogens is 2. The third kappa shape index (κ3) is 4.24. The Bertz CT molecular complexity index is 1540. The van der Waals surface area contributed by atoms with E-state index in [4.69, 9.17) is 10.5 Å². The highest BCUT2D eigenvalue weighted by Crippen LogP contribution is 2.28. The third-order valence-corrected chi connectivity index (χ3v) is 4.85. The number of pyridine rings is 1. The van der Waals surface area contributed by atoms with E-state index in [0.717, 1.165) is 6.07 Å². The van der Waals surface area contributed by atoms with Gasteiger partial charge in [0.2, 0.25) is 5.88 Å². The molecule has 8 nitrogen and oxygen atoms in total. The standard InChI is InChI=1S/C24H16F2N6O2/c25-15-4-1-3-14(11-15)18-5-2-6-19(30-18)24(33)29-16-7-8-20(17(26)12-16)34-23-13-21(27)31-22-9-10-28-32(22)23/h1-13H,(H2,27,31)(H,29,33). The molecular weight excluding hydrogens is 442 g/mol. The van der Waals surface area contributed by atoms with Gasteiger partial charge in [-0.25, -0.2) is 18.7 Å². The number of carbonyl (C=O) groups is 1. The van der Waals surface area contributed by atoms with Crippen LogP contribution in [0.25, 0.3) is 16.9 Å². The number of fused-ring (bicyclic) bond motifs is 1. The minimum absolute atomic E-state index is 0.0911. The Hall–Kier alpha value is -4.86. The first-order valence-corrected chi connectivity index (χ1v) is 10.1. The Labute approximate surface area is 191 Å². The van der Waals surface area contributed by atoms with Gasteiger partial charge in [0.05, 0.1) is 11.9 Å². The number of anilines is 2. The summed E-state index contributed by atoms with van der Waals surface area (Å²) in [6.07, 6.45) is 1.51. The molecule has 0 aliphatic heterocycles. The fourth-order valence-electron chi connectivity index (χ4n) is 3.31. The molecule has 5 rings (SSSR count). The summed E-state index contributed by atoms with van der Waals surface area (Å²) in [5.74, 6) is -1.38. The van der Waals surface area contributed by atoms with E-state index in [1.807, 2.05) is 0 Å². The number of hydrogen-bond donors (Lipinski definition) is 2. The molecule has 0 bridgehead atoms. The molecule has 0 aliphatic carbocycles. The van der Waals surface area contributed by atoms with Crippen LogP contribution in [0.2, 0.25) is 0 Å². The highest BCUT2D eigenvalue weighted by molar-refractivity contribution is 6.03. The zero-order valence-corrected chi connectivity index (χ0v) is 17.4. The van der Waals surface area contributed by atoms with E-state index in [1.165, 1.54) is 47.1 Å². The average molecular weight is 458 g/mol. The van der Waals surface area contributed by atoms with E-state index in [0.29, 0.717) is 16.9 Å². The van der Waals surface area contributed by atoms with Gasteiger partial charge in [-0.2, -0.15) is 9.61 Å². The van der Waals surface area contributed by atoms with Gasteiger partial charge in [-0.05, 0) is 36.4 Å². The number of ether oxygens (including phenoxy) is 1. The quantitative estimate of drug-likeness (QED) is 0.395. The van der Waals surface area contributed by atoms with Crippen LogP contribution < -0.4 is 15.8 Å². The molecule has 0 aliphatic rings. The summed E-state index contributed by atoms with van der Waals surface area (Å²) in [4.78, 5) is 21.1. The van der Waals surface area contributed by atoms with Crippen LogP contribution >= 0.6 is 0 Å². The summed E-state index contributed by atoms with van der Waals surface area (Å²) in [6, 6.07) is 17.7. The van der Waals surface area contributed by atoms with E-state index in [2.05, 4.69) is 20.4 Å². The Kier molecular flexibility index (Phi) is 5.30. The topological polar surface area (TPSA) is 107 Å². The summed E-state index contributed by atoms with van der Waals surface area (Å²) < 4.78 is 35.3. The van der Waals surface area contributed by atoms with Gasteiger partial charge in [-0.1, -0.05) is 18.2 Å². The van der Waals surface area contributed by atoms with E-state index in [-0.39, 0.29) is 28.8 Å². The van der Waals surface area contributed by atoms with E-state index < -0.39 is 17.5 Å². The molecule has 1 amide bonds. The largest absolute Gasteiger partial charge is 0.436 e. The summed E-state index contributed by atoms with van der Waals surface area (Å²) >= 11 is 0. The lowest BCUT2D eigenvalue weighted by Gasteiger charge is -2.11. The van der Waals surface area contributed by atoms with Crippen molar-refractivity contribution in [1.29, 1.82) is 0 Å². The van der Waals surface area contributed by atoms with Gasteiger partial charge in [-0.3, -0.25) is 4.79 Å². The Balaban J connectivity index is 1.35. The van der Waals surface area contributed by atoms with Crippen LogP contribution in [0.3, 0.4) is 0 Å². The second kappa shape index (κ2) is 8.58. The fourth-order valence-corrected chi connectivity index (χ4v) is 3.31. The molecule has 34 heavy (non-hydrogen) atoms. The number of aromatic nitrogens is 4. The minimum Gasteiger partial charge on any atom is -0.436 e. The number of amides is 1. The van der Waals surface area contributed by atoms with Crippen LogP contribution in [-0.4, -0.2) is 25.5 Å². The van der Waals surface area contributed by atoms with Crippen LogP contribution in [0.1, 0.15) is 10.5 Å². The zero-order chi connectivity index (χ0) is 23.7. The molecule has 3 aromatic heterocycles. The highest BCUT2D eigenvalue weighted by Gasteiger charge is 2.14. The van der Waals surface area contributed by atoms with Crippen LogP contribution in [0, 0.1) is 11.6 Å². The van der Waals surface area contributed by atoms with Crippen molar-refractivity contribution in [2.75, 3.05) is 11.1 Å². The lowest BCUT2D eigenvalue weighted by atomic mass is 10.1. The number of nitrogen functional groups attached to an aromatic ring is 1. The van der Waals surface area contributed by atoms with Crippen molar-refractivity contribution in [2.24, 2.45) is 0 Å². The molecule has 0 saturated carbocycles. The molecule has 0 saturated heterocycles. The first-order chi connectivity index (χ1) is 16.5. The van der Waals surface area contributed by atoms with Crippen LogP contribution in [-0.2, 0) is 0 Å². The van der Waals surface area contributed by atoms with Crippen molar-refractivity contribution in [3.05, 3.63) is 96.3 Å². The first-order valence-electron chi connectivity index (χ1n) is 10.1. The molecule has 10 heteroatoms. The zero-order valence-electron chi connectivity index (χ0n) is 17.4. The molecule has 0 atom stereocenters. The van der Waals surface area contributed by atoms with Gasteiger partial charge in [0.15, 0.2) is 17.2 Å². The maximum atomic E-state index is 14.7. The summed E-state index contributed by atoms with van der Waals surface area (Å²) in [7, 11) is 0. The second-order valence-electron chi connectivity index (χ2n) is 7.24. The number of nitrogens with two attached hydrogens (primary N) is 1. The van der Waals surface area contributed by atoms with E-state index in [1.54, 1.807) is 30.3 Å². The number of nitrogens with zero attached hydrogens (tertiary/aromatic N) is 4. The van der Waals surface area contributed by atoms with Crippen LogP contribution in [0.4, 0.5) is 20.3 Å². The smallest absolute Gasteiger partial charge is 0.274 e. The highest BCUT2D eigenvalue weighted by atomic mass is 19.1. The molecule has 0 radical (unpaired) electrons. The fraction of sp³-hybridized carbons (Fsp3) is 0. The van der Waals surface area contributed by atoms with Crippen molar-refractivity contribution in [2.45, 2.75) is 0 Å². The summed E-state index contributed by atoms with van der Waals surface area (Å²) in [5, 5.41) is 6.67. The molecule has 0 fully saturated rings. The monoisotopic (exact) mass is 458 g/mol. The lowest BCUT2D eigenvalue weighted by Crippen LogP contribution is -2.14. The molecule has 5 aromatic rings. The number of carbonyl (C=O) groups excluding carboxylic acids is 1. The van der Waals surface area contributed by atoms with Crippen molar-refractivity contribution >= 4 is 23.1 Å². The van der Waals surface area contributed by atoms with Gasteiger partial charge in [0.25, 0.3) is 5.91 Å².